The SMILES string of the molecule is CC(C)NCC=Cc1ccc(Cl)cc1Cl. The smallest absolute Gasteiger partial charge is 0.0493 e. The van der Waals surface area contributed by atoms with Crippen LogP contribution in [0.4, 0.5) is 0 Å². The van der Waals surface area contributed by atoms with Gasteiger partial charge in [0.05, 0.1) is 0 Å². The monoisotopic (exact) mass is 243 g/mol. The lowest BCUT2D eigenvalue weighted by atomic mass is 10.2. The maximum Gasteiger partial charge on any atom is 0.0493 e. The van der Waals surface area contributed by atoms with Crippen molar-refractivity contribution in [1.82, 2.24) is 5.32 Å². The molecule has 1 aromatic rings. The van der Waals surface area contributed by atoms with Gasteiger partial charge in [0.1, 0.15) is 0 Å². The third-order valence-electron chi connectivity index (χ3n) is 1.90. The van der Waals surface area contributed by atoms with E-state index >= 15 is 0 Å². The van der Waals surface area contributed by atoms with Gasteiger partial charge in [-0.15, -0.1) is 0 Å². The van der Waals surface area contributed by atoms with Crippen molar-refractivity contribution >= 4 is 29.3 Å². The molecule has 0 aliphatic carbocycles. The summed E-state index contributed by atoms with van der Waals surface area (Å²) in [4.78, 5) is 0. The van der Waals surface area contributed by atoms with E-state index in [4.69, 9.17) is 23.2 Å². The second kappa shape index (κ2) is 6.16. The highest BCUT2D eigenvalue weighted by Gasteiger charge is 1.96. The van der Waals surface area contributed by atoms with Gasteiger partial charge >= 0.3 is 0 Å². The zero-order valence-electron chi connectivity index (χ0n) is 8.93. The van der Waals surface area contributed by atoms with Gasteiger partial charge in [-0.2, -0.15) is 0 Å². The lowest BCUT2D eigenvalue weighted by molar-refractivity contribution is 0.633. The number of hydrogen-bond donors (Lipinski definition) is 1. The molecule has 0 bridgehead atoms. The molecule has 0 radical (unpaired) electrons. The van der Waals surface area contributed by atoms with Crippen LogP contribution in [0.1, 0.15) is 19.4 Å². The summed E-state index contributed by atoms with van der Waals surface area (Å²) >= 11 is 11.8. The Morgan fingerprint density at radius 1 is 1.33 bits per heavy atom. The van der Waals surface area contributed by atoms with Gasteiger partial charge in [-0.05, 0) is 17.7 Å². The number of halogens is 2. The average molecular weight is 244 g/mol. The van der Waals surface area contributed by atoms with Crippen LogP contribution in [-0.2, 0) is 0 Å². The number of benzene rings is 1. The molecule has 0 aliphatic rings. The predicted octanol–water partition coefficient (Wildman–Crippen LogP) is 4.00. The minimum atomic E-state index is 0.496. The Balaban J connectivity index is 2.57. The average Bonchev–Trinajstić information content (AvgIpc) is 2.14. The first kappa shape index (κ1) is 12.6. The summed E-state index contributed by atoms with van der Waals surface area (Å²) in [6, 6.07) is 5.99. The van der Waals surface area contributed by atoms with E-state index in [0.29, 0.717) is 16.1 Å². The van der Waals surface area contributed by atoms with Gasteiger partial charge in [0.15, 0.2) is 0 Å². The van der Waals surface area contributed by atoms with Crippen LogP contribution in [0.2, 0.25) is 10.0 Å². The molecule has 0 aromatic heterocycles. The fourth-order valence-corrected chi connectivity index (χ4v) is 1.60. The van der Waals surface area contributed by atoms with E-state index in [-0.39, 0.29) is 0 Å². The largest absolute Gasteiger partial charge is 0.311 e. The Hall–Kier alpha value is -0.500. The maximum absolute atomic E-state index is 6.01. The van der Waals surface area contributed by atoms with E-state index in [1.807, 2.05) is 18.2 Å². The Labute approximate surface area is 101 Å². The normalized spacial score (nSPS) is 11.5. The molecule has 82 valence electrons. The number of nitrogens with one attached hydrogen (secondary N) is 1. The zero-order valence-corrected chi connectivity index (χ0v) is 10.4. The summed E-state index contributed by atoms with van der Waals surface area (Å²) in [6.07, 6.45) is 4.04. The molecule has 0 amide bonds. The molecular weight excluding hydrogens is 229 g/mol. The highest BCUT2D eigenvalue weighted by atomic mass is 35.5. The quantitative estimate of drug-likeness (QED) is 0.843. The Morgan fingerprint density at radius 3 is 2.67 bits per heavy atom. The van der Waals surface area contributed by atoms with Gasteiger partial charge in [-0.1, -0.05) is 55.3 Å². The highest BCUT2D eigenvalue weighted by molar-refractivity contribution is 6.35. The van der Waals surface area contributed by atoms with Gasteiger partial charge in [-0.25, -0.2) is 0 Å². The first-order chi connectivity index (χ1) is 7.09. The van der Waals surface area contributed by atoms with E-state index in [2.05, 4.69) is 25.2 Å². The third kappa shape index (κ3) is 4.70. The number of hydrogen-bond acceptors (Lipinski definition) is 1. The molecule has 1 rings (SSSR count). The molecular formula is C12H15Cl2N. The van der Waals surface area contributed by atoms with Crippen molar-refractivity contribution in [1.29, 1.82) is 0 Å². The predicted molar refractivity (Wildman–Crippen MR) is 68.6 cm³/mol. The van der Waals surface area contributed by atoms with Crippen LogP contribution in [0.25, 0.3) is 6.08 Å². The Bertz CT molecular complexity index is 345. The summed E-state index contributed by atoms with van der Waals surface area (Å²) in [7, 11) is 0. The van der Waals surface area contributed by atoms with Gasteiger partial charge in [0.25, 0.3) is 0 Å². The molecule has 0 aliphatic heterocycles. The van der Waals surface area contributed by atoms with E-state index in [1.165, 1.54) is 0 Å². The molecule has 1 nitrogen and oxygen atoms in total. The fraction of sp³-hybridized carbons (Fsp3) is 0.333. The minimum Gasteiger partial charge on any atom is -0.311 e. The fourth-order valence-electron chi connectivity index (χ4n) is 1.13. The molecule has 0 atom stereocenters. The number of rotatable bonds is 4. The topological polar surface area (TPSA) is 12.0 Å². The van der Waals surface area contributed by atoms with Crippen LogP contribution in [0, 0.1) is 0 Å². The maximum atomic E-state index is 6.01. The summed E-state index contributed by atoms with van der Waals surface area (Å²) < 4.78 is 0. The molecule has 0 heterocycles. The molecule has 1 aromatic carbocycles. The summed E-state index contributed by atoms with van der Waals surface area (Å²) in [5.74, 6) is 0. The van der Waals surface area contributed by atoms with Crippen LogP contribution in [0.3, 0.4) is 0 Å². The molecule has 0 spiro atoms. The lowest BCUT2D eigenvalue weighted by Crippen LogP contribution is -2.22. The molecule has 0 saturated heterocycles. The van der Waals surface area contributed by atoms with Crippen molar-refractivity contribution in [2.75, 3.05) is 6.54 Å². The van der Waals surface area contributed by atoms with Gasteiger partial charge < -0.3 is 5.32 Å². The second-order valence-corrected chi connectivity index (χ2v) is 4.47. The van der Waals surface area contributed by atoms with Crippen LogP contribution in [-0.4, -0.2) is 12.6 Å². The van der Waals surface area contributed by atoms with Crippen molar-refractivity contribution in [2.24, 2.45) is 0 Å². The first-order valence-electron chi connectivity index (χ1n) is 4.94. The molecule has 3 heteroatoms. The summed E-state index contributed by atoms with van der Waals surface area (Å²) in [5, 5.41) is 4.64. The van der Waals surface area contributed by atoms with Crippen molar-refractivity contribution in [3.63, 3.8) is 0 Å². The molecule has 0 unspecified atom stereocenters. The van der Waals surface area contributed by atoms with Gasteiger partial charge in [-0.3, -0.25) is 0 Å². The minimum absolute atomic E-state index is 0.496. The van der Waals surface area contributed by atoms with E-state index in [1.54, 1.807) is 6.07 Å². The van der Waals surface area contributed by atoms with E-state index < -0.39 is 0 Å². The zero-order chi connectivity index (χ0) is 11.3. The lowest BCUT2D eigenvalue weighted by Gasteiger charge is -2.03. The Kier molecular flexibility index (Phi) is 5.16. The van der Waals surface area contributed by atoms with Crippen molar-refractivity contribution in [3.8, 4) is 0 Å². The van der Waals surface area contributed by atoms with Gasteiger partial charge in [0.2, 0.25) is 0 Å². The van der Waals surface area contributed by atoms with Gasteiger partial charge in [0, 0.05) is 22.6 Å². The standard InChI is InChI=1S/C12H15Cl2N/c1-9(2)15-7-3-4-10-5-6-11(13)8-12(10)14/h3-6,8-9,15H,7H2,1-2H3. The van der Waals surface area contributed by atoms with E-state index in [9.17, 15) is 0 Å². The second-order valence-electron chi connectivity index (χ2n) is 3.63. The van der Waals surface area contributed by atoms with E-state index in [0.717, 1.165) is 12.1 Å². The Morgan fingerprint density at radius 2 is 2.07 bits per heavy atom. The van der Waals surface area contributed by atoms with Crippen molar-refractivity contribution < 1.29 is 0 Å². The van der Waals surface area contributed by atoms with Crippen LogP contribution in [0.15, 0.2) is 24.3 Å². The molecule has 15 heavy (non-hydrogen) atoms. The molecule has 1 N–H and O–H groups in total. The van der Waals surface area contributed by atoms with Crippen LogP contribution in [0.5, 0.6) is 0 Å². The van der Waals surface area contributed by atoms with Crippen molar-refractivity contribution in [2.45, 2.75) is 19.9 Å². The molecule has 0 saturated carbocycles. The third-order valence-corrected chi connectivity index (χ3v) is 2.47. The highest BCUT2D eigenvalue weighted by Crippen LogP contribution is 2.21. The van der Waals surface area contributed by atoms with Crippen LogP contribution >= 0.6 is 23.2 Å². The summed E-state index contributed by atoms with van der Waals surface area (Å²) in [6.45, 7) is 5.07. The first-order valence-corrected chi connectivity index (χ1v) is 5.70. The molecule has 0 fully saturated rings. The summed E-state index contributed by atoms with van der Waals surface area (Å²) in [5.41, 5.74) is 0.992. The van der Waals surface area contributed by atoms with Crippen molar-refractivity contribution in [3.05, 3.63) is 39.9 Å². The van der Waals surface area contributed by atoms with Crippen LogP contribution < -0.4 is 5.32 Å².